The molecule has 1 aromatic heterocycles. The molecule has 1 aliphatic rings. The minimum atomic E-state index is -5.01. The Morgan fingerprint density at radius 1 is 0.861 bits per heavy atom. The van der Waals surface area contributed by atoms with Crippen LogP contribution in [0.3, 0.4) is 0 Å². The van der Waals surface area contributed by atoms with Gasteiger partial charge >= 0.3 is 12.4 Å². The van der Waals surface area contributed by atoms with Crippen LogP contribution in [0.2, 0.25) is 0 Å². The van der Waals surface area contributed by atoms with Crippen molar-refractivity contribution in [3.63, 3.8) is 0 Å². The van der Waals surface area contributed by atoms with Crippen molar-refractivity contribution in [2.75, 3.05) is 7.05 Å². The summed E-state index contributed by atoms with van der Waals surface area (Å²) in [5.74, 6) is -2.30. The van der Waals surface area contributed by atoms with Gasteiger partial charge in [0.25, 0.3) is 17.7 Å². The van der Waals surface area contributed by atoms with E-state index >= 15 is 0 Å². The lowest BCUT2D eigenvalue weighted by Gasteiger charge is -2.20. The summed E-state index contributed by atoms with van der Waals surface area (Å²) in [5, 5.41) is 2.36. The molecule has 6 nitrogen and oxygen atoms in total. The summed E-state index contributed by atoms with van der Waals surface area (Å²) < 4.78 is 81.0. The second-order valence-electron chi connectivity index (χ2n) is 7.79. The first-order valence-corrected chi connectivity index (χ1v) is 10.3. The lowest BCUT2D eigenvalue weighted by atomic mass is 9.97. The van der Waals surface area contributed by atoms with Crippen molar-refractivity contribution in [1.82, 2.24) is 15.2 Å². The number of amides is 3. The van der Waals surface area contributed by atoms with Crippen LogP contribution in [0, 0.1) is 0 Å². The molecule has 2 aromatic carbocycles. The number of aromatic nitrogens is 1. The Labute approximate surface area is 199 Å². The molecule has 0 atom stereocenters. The van der Waals surface area contributed by atoms with Crippen LogP contribution in [0.1, 0.15) is 47.9 Å². The van der Waals surface area contributed by atoms with E-state index in [9.17, 15) is 40.7 Å². The van der Waals surface area contributed by atoms with E-state index in [-0.39, 0.29) is 22.3 Å². The van der Waals surface area contributed by atoms with Gasteiger partial charge in [0.2, 0.25) is 0 Å². The number of nitrogens with one attached hydrogen (secondary N) is 1. The third-order valence-corrected chi connectivity index (χ3v) is 5.60. The fourth-order valence-corrected chi connectivity index (χ4v) is 3.89. The number of imide groups is 1. The highest BCUT2D eigenvalue weighted by atomic mass is 19.4. The minimum Gasteiger partial charge on any atom is -0.355 e. The number of benzene rings is 2. The lowest BCUT2D eigenvalue weighted by molar-refractivity contribution is -0.138. The van der Waals surface area contributed by atoms with E-state index in [1.807, 2.05) is 0 Å². The molecule has 0 saturated heterocycles. The molecule has 2 heterocycles. The summed E-state index contributed by atoms with van der Waals surface area (Å²) >= 11 is 0. The average Bonchev–Trinajstić information content (AvgIpc) is 3.06. The molecule has 1 aliphatic heterocycles. The van der Waals surface area contributed by atoms with Gasteiger partial charge in [0, 0.05) is 18.8 Å². The molecule has 12 heteroatoms. The fourth-order valence-electron chi connectivity index (χ4n) is 3.89. The monoisotopic (exact) mass is 507 g/mol. The Kier molecular flexibility index (Phi) is 6.07. The maximum absolute atomic E-state index is 14.1. The number of alkyl halides is 6. The molecule has 1 N–H and O–H groups in total. The van der Waals surface area contributed by atoms with Crippen molar-refractivity contribution in [1.29, 1.82) is 0 Å². The van der Waals surface area contributed by atoms with Gasteiger partial charge in [-0.15, -0.1) is 0 Å². The van der Waals surface area contributed by atoms with E-state index in [2.05, 4.69) is 10.3 Å². The van der Waals surface area contributed by atoms with Crippen molar-refractivity contribution in [3.8, 4) is 11.1 Å². The number of fused-ring (bicyclic) bond motifs is 1. The largest absolute Gasteiger partial charge is 0.418 e. The Bertz CT molecular complexity index is 1380. The molecule has 0 saturated carbocycles. The van der Waals surface area contributed by atoms with Gasteiger partial charge in [-0.1, -0.05) is 12.1 Å². The van der Waals surface area contributed by atoms with Crippen molar-refractivity contribution in [2.24, 2.45) is 0 Å². The van der Waals surface area contributed by atoms with E-state index < -0.39 is 59.0 Å². The average molecular weight is 507 g/mol. The Morgan fingerprint density at radius 2 is 1.50 bits per heavy atom. The molecule has 0 spiro atoms. The first kappa shape index (κ1) is 24.9. The molecule has 0 radical (unpaired) electrons. The maximum Gasteiger partial charge on any atom is 0.418 e. The normalized spacial score (nSPS) is 13.7. The standard InChI is InChI=1S/C24H15F6N3O3/c1-31-20(34)13-4-7-16-17(10-13)22(36)33(21(16)35)11-18-19(24(28,29)30)15(8-9-32-18)12-2-5-14(6-3-12)23(25,26)27/h2-10H,11H2,1H3,(H,31,34). The number of carbonyl (C=O) groups is 3. The molecular weight excluding hydrogens is 492 g/mol. The summed E-state index contributed by atoms with van der Waals surface area (Å²) in [4.78, 5) is 41.8. The van der Waals surface area contributed by atoms with Gasteiger partial charge in [-0.3, -0.25) is 24.3 Å². The topological polar surface area (TPSA) is 79.4 Å². The number of pyridine rings is 1. The number of halogens is 6. The van der Waals surface area contributed by atoms with Gasteiger partial charge in [-0.25, -0.2) is 0 Å². The molecule has 36 heavy (non-hydrogen) atoms. The highest BCUT2D eigenvalue weighted by molar-refractivity contribution is 6.22. The molecule has 3 amide bonds. The van der Waals surface area contributed by atoms with E-state index in [0.29, 0.717) is 17.0 Å². The summed E-state index contributed by atoms with van der Waals surface area (Å²) in [7, 11) is 1.36. The van der Waals surface area contributed by atoms with Crippen LogP contribution in [-0.2, 0) is 18.9 Å². The Hall–Kier alpha value is -4.22. The second-order valence-corrected chi connectivity index (χ2v) is 7.79. The molecule has 0 fully saturated rings. The van der Waals surface area contributed by atoms with Crippen LogP contribution in [0.15, 0.2) is 54.7 Å². The Balaban J connectivity index is 1.74. The first-order chi connectivity index (χ1) is 16.8. The van der Waals surface area contributed by atoms with Gasteiger partial charge in [-0.05, 0) is 47.5 Å². The highest BCUT2D eigenvalue weighted by Crippen LogP contribution is 2.40. The van der Waals surface area contributed by atoms with Crippen LogP contribution >= 0.6 is 0 Å². The summed E-state index contributed by atoms with van der Waals surface area (Å²) in [6.07, 6.45) is -8.66. The predicted molar refractivity (Wildman–Crippen MR) is 114 cm³/mol. The number of carbonyl (C=O) groups excluding carboxylic acids is 3. The van der Waals surface area contributed by atoms with Crippen LogP contribution in [0.4, 0.5) is 26.3 Å². The van der Waals surface area contributed by atoms with E-state index in [4.69, 9.17) is 0 Å². The Morgan fingerprint density at radius 3 is 2.08 bits per heavy atom. The molecule has 3 aromatic rings. The van der Waals surface area contributed by atoms with Gasteiger partial charge < -0.3 is 5.32 Å². The quantitative estimate of drug-likeness (QED) is 0.401. The summed E-state index contributed by atoms with van der Waals surface area (Å²) in [6, 6.07) is 7.82. The molecule has 4 rings (SSSR count). The zero-order valence-electron chi connectivity index (χ0n) is 18.3. The number of hydrogen-bond acceptors (Lipinski definition) is 4. The SMILES string of the molecule is CNC(=O)c1ccc2c(c1)C(=O)N(Cc1nccc(-c3ccc(C(F)(F)F)cc3)c1C(F)(F)F)C2=O. The van der Waals surface area contributed by atoms with Gasteiger partial charge in [0.05, 0.1) is 34.5 Å². The van der Waals surface area contributed by atoms with Crippen molar-refractivity contribution < 1.29 is 40.7 Å². The minimum absolute atomic E-state index is 0.0812. The van der Waals surface area contributed by atoms with Crippen LogP contribution in [0.25, 0.3) is 11.1 Å². The molecule has 0 bridgehead atoms. The van der Waals surface area contributed by atoms with E-state index in [1.54, 1.807) is 0 Å². The zero-order chi connectivity index (χ0) is 26.4. The van der Waals surface area contributed by atoms with Crippen LogP contribution in [-0.4, -0.2) is 34.7 Å². The number of nitrogens with zero attached hydrogens (tertiary/aromatic N) is 2. The van der Waals surface area contributed by atoms with Gasteiger partial charge in [0.15, 0.2) is 0 Å². The zero-order valence-corrected chi connectivity index (χ0v) is 18.3. The van der Waals surface area contributed by atoms with E-state index in [0.717, 1.165) is 24.4 Å². The molecule has 186 valence electrons. The van der Waals surface area contributed by atoms with Gasteiger partial charge in [-0.2, -0.15) is 26.3 Å². The smallest absolute Gasteiger partial charge is 0.355 e. The number of rotatable bonds is 4. The highest BCUT2D eigenvalue weighted by Gasteiger charge is 2.41. The van der Waals surface area contributed by atoms with Crippen molar-refractivity contribution in [2.45, 2.75) is 18.9 Å². The third kappa shape index (κ3) is 4.41. The molecule has 0 unspecified atom stereocenters. The van der Waals surface area contributed by atoms with Gasteiger partial charge in [0.1, 0.15) is 0 Å². The number of hydrogen-bond donors (Lipinski definition) is 1. The van der Waals surface area contributed by atoms with Crippen molar-refractivity contribution in [3.05, 3.63) is 88.2 Å². The molecule has 0 aliphatic carbocycles. The van der Waals surface area contributed by atoms with Crippen LogP contribution < -0.4 is 5.32 Å². The second kappa shape index (κ2) is 8.77. The van der Waals surface area contributed by atoms with Crippen molar-refractivity contribution >= 4 is 17.7 Å². The summed E-state index contributed by atoms with van der Waals surface area (Å²) in [5.41, 5.74) is -3.74. The van der Waals surface area contributed by atoms with E-state index in [1.165, 1.54) is 25.2 Å². The first-order valence-electron chi connectivity index (χ1n) is 10.3. The molecular formula is C24H15F6N3O3. The third-order valence-electron chi connectivity index (χ3n) is 5.60. The maximum atomic E-state index is 14.1. The summed E-state index contributed by atoms with van der Waals surface area (Å²) in [6.45, 7) is -0.842. The van der Waals surface area contributed by atoms with Crippen LogP contribution in [0.5, 0.6) is 0 Å². The predicted octanol–water partition coefficient (Wildman–Crippen LogP) is 4.94. The lowest BCUT2D eigenvalue weighted by Crippen LogP contribution is -2.31. The fraction of sp³-hybridized carbons (Fsp3) is 0.167.